The van der Waals surface area contributed by atoms with Crippen molar-refractivity contribution in [3.8, 4) is 0 Å². The van der Waals surface area contributed by atoms with Crippen LogP contribution in [0.5, 0.6) is 0 Å². The van der Waals surface area contributed by atoms with Gasteiger partial charge in [0.25, 0.3) is 0 Å². The summed E-state index contributed by atoms with van der Waals surface area (Å²) < 4.78 is 6.36. The van der Waals surface area contributed by atoms with Gasteiger partial charge in [0, 0.05) is 23.4 Å². The maximum Gasteiger partial charge on any atom is 0.228 e. The first kappa shape index (κ1) is 14.2. The first-order valence-electron chi connectivity index (χ1n) is 6.44. The predicted molar refractivity (Wildman–Crippen MR) is 78.1 cm³/mol. The van der Waals surface area contributed by atoms with Crippen molar-refractivity contribution in [3.05, 3.63) is 46.0 Å². The molecule has 1 aromatic carbocycles. The van der Waals surface area contributed by atoms with E-state index in [9.17, 15) is 0 Å². The normalized spacial score (nSPS) is 12.6. The van der Waals surface area contributed by atoms with E-state index >= 15 is 0 Å². The van der Waals surface area contributed by atoms with E-state index in [4.69, 9.17) is 4.52 Å². The molecule has 0 aliphatic heterocycles. The van der Waals surface area contributed by atoms with Gasteiger partial charge in [-0.3, -0.25) is 0 Å². The molecule has 2 rings (SSSR count). The highest BCUT2D eigenvalue weighted by Crippen LogP contribution is 2.13. The zero-order valence-electron chi connectivity index (χ0n) is 11.2. The maximum absolute atomic E-state index is 5.28. The minimum absolute atomic E-state index is 0.390. The molecule has 0 saturated heterocycles. The fourth-order valence-electron chi connectivity index (χ4n) is 1.89. The molecule has 0 aliphatic carbocycles. The highest BCUT2D eigenvalue weighted by Gasteiger charge is 2.11. The lowest BCUT2D eigenvalue weighted by molar-refractivity contribution is 0.355. The molecular weight excluding hydrogens is 306 g/mol. The molecule has 4 nitrogen and oxygen atoms in total. The van der Waals surface area contributed by atoms with E-state index in [-0.39, 0.29) is 0 Å². The summed E-state index contributed by atoms with van der Waals surface area (Å²) in [6, 6.07) is 8.54. The smallest absolute Gasteiger partial charge is 0.228 e. The lowest BCUT2D eigenvalue weighted by Gasteiger charge is -2.09. The lowest BCUT2D eigenvalue weighted by Crippen LogP contribution is -2.26. The molecule has 1 heterocycles. The van der Waals surface area contributed by atoms with Crippen LogP contribution in [0, 0.1) is 0 Å². The number of halogens is 1. The van der Waals surface area contributed by atoms with Crippen LogP contribution in [0.2, 0.25) is 0 Å². The van der Waals surface area contributed by atoms with Gasteiger partial charge in [-0.15, -0.1) is 0 Å². The van der Waals surface area contributed by atoms with Crippen LogP contribution in [0.3, 0.4) is 0 Å². The molecule has 19 heavy (non-hydrogen) atoms. The van der Waals surface area contributed by atoms with Crippen LogP contribution < -0.4 is 5.32 Å². The molecule has 0 spiro atoms. The van der Waals surface area contributed by atoms with Gasteiger partial charge in [-0.25, -0.2) is 0 Å². The van der Waals surface area contributed by atoms with E-state index in [1.807, 2.05) is 19.2 Å². The van der Waals surface area contributed by atoms with Gasteiger partial charge in [-0.2, -0.15) is 4.98 Å². The molecule has 102 valence electrons. The quantitative estimate of drug-likeness (QED) is 0.888. The van der Waals surface area contributed by atoms with Crippen LogP contribution in [-0.2, 0) is 12.8 Å². The fraction of sp³-hybridized carbons (Fsp3) is 0.429. The molecule has 0 radical (unpaired) electrons. The van der Waals surface area contributed by atoms with E-state index in [2.05, 4.69) is 50.4 Å². The van der Waals surface area contributed by atoms with Crippen molar-refractivity contribution in [2.45, 2.75) is 32.2 Å². The molecule has 1 atom stereocenters. The lowest BCUT2D eigenvalue weighted by atomic mass is 10.1. The summed E-state index contributed by atoms with van der Waals surface area (Å²) >= 11 is 3.42. The maximum atomic E-state index is 5.28. The van der Waals surface area contributed by atoms with Gasteiger partial charge in [0.05, 0.1) is 0 Å². The van der Waals surface area contributed by atoms with E-state index in [0.717, 1.165) is 23.1 Å². The summed E-state index contributed by atoms with van der Waals surface area (Å²) in [4.78, 5) is 4.43. The number of nitrogens with one attached hydrogen (secondary N) is 1. The average molecular weight is 324 g/mol. The zero-order chi connectivity index (χ0) is 13.7. The fourth-order valence-corrected chi connectivity index (χ4v) is 2.16. The Morgan fingerprint density at radius 3 is 2.68 bits per heavy atom. The molecule has 1 N–H and O–H groups in total. The topological polar surface area (TPSA) is 51.0 Å². The van der Waals surface area contributed by atoms with E-state index in [1.54, 1.807) is 0 Å². The van der Waals surface area contributed by atoms with Crippen molar-refractivity contribution < 1.29 is 4.52 Å². The molecule has 0 saturated carbocycles. The van der Waals surface area contributed by atoms with Crippen molar-refractivity contribution in [1.29, 1.82) is 0 Å². The van der Waals surface area contributed by atoms with E-state index < -0.39 is 0 Å². The van der Waals surface area contributed by atoms with Crippen LogP contribution in [-0.4, -0.2) is 23.2 Å². The van der Waals surface area contributed by atoms with E-state index in [1.165, 1.54) is 5.56 Å². The van der Waals surface area contributed by atoms with Crippen LogP contribution in [0.15, 0.2) is 33.3 Å². The standard InChI is InChI=1S/C14H18BrN3O/c1-3-12(16-2)9-14-17-13(18-19-14)8-10-4-6-11(15)7-5-10/h4-7,12,16H,3,8-9H2,1-2H3. The number of likely N-dealkylation sites (N-methyl/N-ethyl adjacent to an activating group) is 1. The van der Waals surface area contributed by atoms with Gasteiger partial charge in [0.15, 0.2) is 5.82 Å². The number of aromatic nitrogens is 2. The zero-order valence-corrected chi connectivity index (χ0v) is 12.8. The van der Waals surface area contributed by atoms with Crippen LogP contribution >= 0.6 is 15.9 Å². The SMILES string of the molecule is CCC(Cc1nc(Cc2ccc(Br)cc2)no1)NC. The Labute approximate surface area is 121 Å². The van der Waals surface area contributed by atoms with Crippen molar-refractivity contribution in [2.24, 2.45) is 0 Å². The summed E-state index contributed by atoms with van der Waals surface area (Å²) in [5, 5.41) is 7.26. The molecule has 0 amide bonds. The van der Waals surface area contributed by atoms with E-state index in [0.29, 0.717) is 18.4 Å². The van der Waals surface area contributed by atoms with Crippen LogP contribution in [0.4, 0.5) is 0 Å². The monoisotopic (exact) mass is 323 g/mol. The molecule has 1 unspecified atom stereocenters. The molecule has 5 heteroatoms. The Balaban J connectivity index is 1.99. The van der Waals surface area contributed by atoms with Gasteiger partial charge >= 0.3 is 0 Å². The highest BCUT2D eigenvalue weighted by molar-refractivity contribution is 9.10. The highest BCUT2D eigenvalue weighted by atomic mass is 79.9. The molecule has 0 aliphatic rings. The largest absolute Gasteiger partial charge is 0.339 e. The van der Waals surface area contributed by atoms with Gasteiger partial charge in [0.1, 0.15) is 0 Å². The van der Waals surface area contributed by atoms with Crippen molar-refractivity contribution in [1.82, 2.24) is 15.5 Å². The summed E-state index contributed by atoms with van der Waals surface area (Å²) in [6.45, 7) is 2.14. The summed E-state index contributed by atoms with van der Waals surface area (Å²) in [7, 11) is 1.95. The molecule has 0 bridgehead atoms. The predicted octanol–water partition coefficient (Wildman–Crippen LogP) is 2.96. The van der Waals surface area contributed by atoms with Crippen molar-refractivity contribution >= 4 is 15.9 Å². The first-order chi connectivity index (χ1) is 9.21. The van der Waals surface area contributed by atoms with Gasteiger partial charge in [0.2, 0.25) is 5.89 Å². The minimum atomic E-state index is 0.390. The van der Waals surface area contributed by atoms with Gasteiger partial charge in [-0.1, -0.05) is 40.1 Å². The number of hydrogen-bond donors (Lipinski definition) is 1. The van der Waals surface area contributed by atoms with Crippen LogP contribution in [0.25, 0.3) is 0 Å². The Morgan fingerprint density at radius 1 is 1.32 bits per heavy atom. The third-order valence-corrected chi connectivity index (χ3v) is 3.64. The van der Waals surface area contributed by atoms with Crippen molar-refractivity contribution in [2.75, 3.05) is 7.05 Å². The Kier molecular flexibility index (Phi) is 5.10. The minimum Gasteiger partial charge on any atom is -0.339 e. The Hall–Kier alpha value is -1.20. The Morgan fingerprint density at radius 2 is 2.05 bits per heavy atom. The summed E-state index contributed by atoms with van der Waals surface area (Å²) in [6.07, 6.45) is 2.52. The third-order valence-electron chi connectivity index (χ3n) is 3.11. The molecular formula is C14H18BrN3O. The number of hydrogen-bond acceptors (Lipinski definition) is 4. The van der Waals surface area contributed by atoms with Crippen molar-refractivity contribution in [3.63, 3.8) is 0 Å². The second-order valence-corrected chi connectivity index (χ2v) is 5.42. The summed E-state index contributed by atoms with van der Waals surface area (Å²) in [5.74, 6) is 1.44. The van der Waals surface area contributed by atoms with Gasteiger partial charge in [-0.05, 0) is 31.2 Å². The molecule has 1 aromatic heterocycles. The number of nitrogens with zero attached hydrogens (tertiary/aromatic N) is 2. The average Bonchev–Trinajstić information content (AvgIpc) is 2.86. The molecule has 2 aromatic rings. The molecule has 0 fully saturated rings. The number of rotatable bonds is 6. The second kappa shape index (κ2) is 6.82. The first-order valence-corrected chi connectivity index (χ1v) is 7.23. The Bertz CT molecular complexity index is 506. The summed E-state index contributed by atoms with van der Waals surface area (Å²) in [5.41, 5.74) is 1.18. The van der Waals surface area contributed by atoms with Gasteiger partial charge < -0.3 is 9.84 Å². The number of benzene rings is 1. The second-order valence-electron chi connectivity index (χ2n) is 4.51. The third kappa shape index (κ3) is 4.14. The van der Waals surface area contributed by atoms with Crippen LogP contribution in [0.1, 0.15) is 30.6 Å².